The van der Waals surface area contributed by atoms with Gasteiger partial charge in [0.1, 0.15) is 75.2 Å². The molecule has 4 fully saturated rings. The van der Waals surface area contributed by atoms with Crippen molar-refractivity contribution in [2.75, 3.05) is 26.4 Å². The fraction of sp³-hybridized carbons (Fsp3) is 0.736. The van der Waals surface area contributed by atoms with Gasteiger partial charge in [0.2, 0.25) is 5.91 Å². The van der Waals surface area contributed by atoms with Crippen LogP contribution in [0.3, 0.4) is 0 Å². The summed E-state index contributed by atoms with van der Waals surface area (Å²) in [5.41, 5.74) is 0. The van der Waals surface area contributed by atoms with Crippen LogP contribution in [0.4, 0.5) is 0 Å². The predicted molar refractivity (Wildman–Crippen MR) is 276 cm³/mol. The Morgan fingerprint density at radius 2 is 0.663 bits per heavy atom. The van der Waals surface area contributed by atoms with Crippen LogP contribution >= 0.6 is 0 Å². The number of carbonyl (C=O) groups is 14. The second kappa shape index (κ2) is 33.7. The summed E-state index contributed by atoms with van der Waals surface area (Å²) in [6.45, 7) is 9.63. The zero-order chi connectivity index (χ0) is 66.9. The molecule has 1 amide bonds. The lowest BCUT2D eigenvalue weighted by molar-refractivity contribution is -0.393. The van der Waals surface area contributed by atoms with Crippen LogP contribution in [0.2, 0.25) is 0 Å². The SMILES string of the molecule is CC(=O)N[C@H]1[C@@H](O[C@H]2[C@@H](O[C@H]3O[C@H](COC(C)=O)[C@@H](O[C@@H]4O[C@H](COC(C)=O)[C@H](OC(C)=O)[C@H](OC(C)=O)[C@H]4OC(C)=O)[C@H](OC(C)=O)[C@H]3OC(C)=O)[C@H](OC(C)=O)[C@@H]([C@H](COC(C)=O)OC(C)=O)O[C@@H]2O)O[C@H](COC(C)=O)[C@@H](OC(C)=O)[C@@H]1OC(C)=O. The van der Waals surface area contributed by atoms with E-state index in [9.17, 15) is 72.2 Å². The Morgan fingerprint density at radius 3 is 1.06 bits per heavy atom. The minimum Gasteiger partial charge on any atom is -0.463 e. The summed E-state index contributed by atoms with van der Waals surface area (Å²) >= 11 is 0. The molecule has 0 aromatic carbocycles. The largest absolute Gasteiger partial charge is 0.463 e. The van der Waals surface area contributed by atoms with Crippen LogP contribution in [-0.4, -0.2) is 244 Å². The number of rotatable bonds is 25. The number of aliphatic hydroxyl groups excluding tert-OH is 1. The number of amides is 1. The van der Waals surface area contributed by atoms with Gasteiger partial charge in [0, 0.05) is 96.9 Å². The normalized spacial score (nSPS) is 31.8. The molecule has 4 saturated heterocycles. The lowest BCUT2D eigenvalue weighted by Crippen LogP contribution is -2.71. The highest BCUT2D eigenvalue weighted by Gasteiger charge is 2.62. The molecule has 89 heavy (non-hydrogen) atoms. The molecule has 21 atom stereocenters. The van der Waals surface area contributed by atoms with Crippen molar-refractivity contribution in [2.24, 2.45) is 0 Å². The summed E-state index contributed by atoms with van der Waals surface area (Å²) in [6, 6.07) is -1.82. The van der Waals surface area contributed by atoms with E-state index >= 15 is 0 Å². The van der Waals surface area contributed by atoms with E-state index in [1.54, 1.807) is 0 Å². The smallest absolute Gasteiger partial charge is 0.303 e. The summed E-state index contributed by atoms with van der Waals surface area (Å²) in [5.74, 6) is -14.6. The summed E-state index contributed by atoms with van der Waals surface area (Å²) in [5, 5.41) is 14.8. The highest BCUT2D eigenvalue weighted by Crippen LogP contribution is 2.40. The van der Waals surface area contributed by atoms with E-state index in [1.807, 2.05) is 0 Å². The van der Waals surface area contributed by atoms with Crippen LogP contribution in [-0.2, 0) is 162 Å². The van der Waals surface area contributed by atoms with Gasteiger partial charge in [0.15, 0.2) is 80.1 Å². The molecular formula is C53H73NO35. The van der Waals surface area contributed by atoms with Gasteiger partial charge in [0.05, 0.1) is 0 Å². The fourth-order valence-corrected chi connectivity index (χ4v) is 9.68. The van der Waals surface area contributed by atoms with Crippen molar-refractivity contribution in [1.29, 1.82) is 0 Å². The standard InChI is InChI=1S/C53H73NO35/c1-19(55)54-37-42(77-27(9)63)38(75-25(7)61)34(16-71-21(3)57)83-51(37)89-47-46(43(78-28(10)64)40(86-50(47)69)33(74-24(6)60)15-70-20(2)56)88-53-49(82-32(14)68)45(80-30(12)66)41(36(85-53)18-73-23(5)59)87-52-48(81-31(13)67)44(79-29(11)65)39(76-26(8)62)35(84-52)17-72-22(4)58/h33-53,69H,15-18H2,1-14H3,(H,54,55)/t33-,34+,35+,36+,37+,38+,39-,40+,41+,42+,43+,44-,45-,46-,47-,48+,49+,50-,51+,52-,53+/m0/s1. The van der Waals surface area contributed by atoms with Gasteiger partial charge in [0.25, 0.3) is 0 Å². The van der Waals surface area contributed by atoms with Gasteiger partial charge < -0.3 is 105 Å². The summed E-state index contributed by atoms with van der Waals surface area (Å²) < 4.78 is 116. The average molecular weight is 1280 g/mol. The van der Waals surface area contributed by atoms with Crippen LogP contribution in [0.15, 0.2) is 0 Å². The molecule has 36 heteroatoms. The Hall–Kier alpha value is -7.74. The number of carbonyl (C=O) groups excluding carboxylic acids is 14. The maximum Gasteiger partial charge on any atom is 0.303 e. The van der Waals surface area contributed by atoms with Gasteiger partial charge >= 0.3 is 77.6 Å². The van der Waals surface area contributed by atoms with Crippen LogP contribution in [0.1, 0.15) is 96.9 Å². The Kier molecular flexibility index (Phi) is 27.9. The molecule has 0 aromatic heterocycles. The van der Waals surface area contributed by atoms with Crippen molar-refractivity contribution >= 4 is 83.5 Å². The van der Waals surface area contributed by atoms with Gasteiger partial charge in [-0.15, -0.1) is 0 Å². The summed E-state index contributed by atoms with van der Waals surface area (Å²) in [7, 11) is 0. The number of esters is 13. The second-order valence-corrected chi connectivity index (χ2v) is 20.1. The van der Waals surface area contributed by atoms with Crippen LogP contribution in [0.5, 0.6) is 0 Å². The molecule has 4 aliphatic heterocycles. The molecular weight excluding hydrogens is 1210 g/mol. The van der Waals surface area contributed by atoms with E-state index in [1.165, 1.54) is 0 Å². The Balaban J connectivity index is 2.08. The molecule has 4 heterocycles. The molecule has 0 saturated carbocycles. The van der Waals surface area contributed by atoms with Gasteiger partial charge in [-0.05, 0) is 0 Å². The van der Waals surface area contributed by atoms with E-state index in [4.69, 9.17) is 94.7 Å². The Bertz CT molecular complexity index is 2590. The maximum absolute atomic E-state index is 13.4. The lowest BCUT2D eigenvalue weighted by Gasteiger charge is -2.51. The van der Waals surface area contributed by atoms with Crippen LogP contribution < -0.4 is 5.32 Å². The third-order valence-corrected chi connectivity index (χ3v) is 12.5. The number of aliphatic hydroxyl groups is 1. The monoisotopic (exact) mass is 1280 g/mol. The van der Waals surface area contributed by atoms with E-state index in [0.29, 0.717) is 0 Å². The molecule has 36 nitrogen and oxygen atoms in total. The average Bonchev–Trinajstić information content (AvgIpc) is 0.973. The van der Waals surface area contributed by atoms with Crippen LogP contribution in [0, 0.1) is 0 Å². The van der Waals surface area contributed by atoms with Crippen molar-refractivity contribution in [3.63, 3.8) is 0 Å². The highest BCUT2D eigenvalue weighted by molar-refractivity contribution is 5.74. The van der Waals surface area contributed by atoms with Crippen LogP contribution in [0.25, 0.3) is 0 Å². The summed E-state index contributed by atoms with van der Waals surface area (Å²) in [6.07, 6.45) is -40.8. The zero-order valence-electron chi connectivity index (χ0n) is 50.8. The van der Waals surface area contributed by atoms with Crippen molar-refractivity contribution in [1.82, 2.24) is 5.32 Å². The first-order valence-corrected chi connectivity index (χ1v) is 27.2. The molecule has 0 aromatic rings. The Labute approximate surface area is 507 Å². The van der Waals surface area contributed by atoms with Gasteiger partial charge in [-0.25, -0.2) is 0 Å². The molecule has 0 radical (unpaired) electrons. The van der Waals surface area contributed by atoms with Gasteiger partial charge in [-0.3, -0.25) is 67.1 Å². The quantitative estimate of drug-likeness (QED) is 0.0687. The first-order valence-electron chi connectivity index (χ1n) is 27.2. The second-order valence-electron chi connectivity index (χ2n) is 20.1. The molecule has 4 rings (SSSR count). The minimum absolute atomic E-state index is 0.777. The molecule has 0 aliphatic carbocycles. The zero-order valence-corrected chi connectivity index (χ0v) is 50.8. The minimum atomic E-state index is -2.52. The molecule has 500 valence electrons. The van der Waals surface area contributed by atoms with E-state index in [2.05, 4.69) is 5.32 Å². The Morgan fingerprint density at radius 1 is 0.337 bits per heavy atom. The first kappa shape index (κ1) is 73.7. The van der Waals surface area contributed by atoms with Crippen molar-refractivity contribution in [3.8, 4) is 0 Å². The van der Waals surface area contributed by atoms with E-state index < -0.39 is 239 Å². The number of ether oxygens (including phenoxy) is 20. The number of hydrogen-bond acceptors (Lipinski definition) is 35. The molecule has 4 aliphatic rings. The first-order chi connectivity index (χ1) is 41.6. The van der Waals surface area contributed by atoms with Crippen molar-refractivity contribution in [3.05, 3.63) is 0 Å². The third kappa shape index (κ3) is 22.4. The predicted octanol–water partition coefficient (Wildman–Crippen LogP) is -2.82. The number of nitrogens with one attached hydrogen (secondary N) is 1. The molecule has 2 N–H and O–H groups in total. The third-order valence-electron chi connectivity index (χ3n) is 12.5. The van der Waals surface area contributed by atoms with E-state index in [0.717, 1.165) is 96.9 Å². The molecule has 0 unspecified atom stereocenters. The molecule has 0 spiro atoms. The summed E-state index contributed by atoms with van der Waals surface area (Å²) in [4.78, 5) is 179. The van der Waals surface area contributed by atoms with Gasteiger partial charge in [-0.1, -0.05) is 0 Å². The topological polar surface area (TPSA) is 456 Å². The fourth-order valence-electron chi connectivity index (χ4n) is 9.68. The van der Waals surface area contributed by atoms with E-state index in [-0.39, 0.29) is 0 Å². The highest BCUT2D eigenvalue weighted by atomic mass is 16.8. The van der Waals surface area contributed by atoms with Gasteiger partial charge in [-0.2, -0.15) is 0 Å². The molecule has 0 bridgehead atoms. The number of hydrogen-bond donors (Lipinski definition) is 2. The lowest BCUT2D eigenvalue weighted by atomic mass is 9.92. The maximum atomic E-state index is 13.4. The van der Waals surface area contributed by atoms with Crippen molar-refractivity contribution < 1.29 is 167 Å². The van der Waals surface area contributed by atoms with Crippen molar-refractivity contribution in [2.45, 2.75) is 226 Å².